The third kappa shape index (κ3) is 2.95. The van der Waals surface area contributed by atoms with Crippen molar-refractivity contribution in [1.29, 1.82) is 0 Å². The molecular weight excluding hydrogens is 318 g/mol. The van der Waals surface area contributed by atoms with E-state index in [1.165, 1.54) is 10.4 Å². The molecule has 3 heterocycles. The summed E-state index contributed by atoms with van der Waals surface area (Å²) in [4.78, 5) is 11.3. The molecule has 2 aromatic heterocycles. The predicted octanol–water partition coefficient (Wildman–Crippen LogP) is 3.25. The number of hydrogen-bond acceptors (Lipinski definition) is 7. The third-order valence-electron chi connectivity index (χ3n) is 4.11. The van der Waals surface area contributed by atoms with E-state index in [1.807, 2.05) is 0 Å². The predicted molar refractivity (Wildman–Crippen MR) is 91.6 cm³/mol. The van der Waals surface area contributed by atoms with Crippen molar-refractivity contribution >= 4 is 39.1 Å². The summed E-state index contributed by atoms with van der Waals surface area (Å²) in [7, 11) is 1.69. The van der Waals surface area contributed by atoms with Crippen LogP contribution in [0.4, 0.5) is 5.82 Å². The molecule has 120 valence electrons. The molecule has 0 amide bonds. The number of thioether (sulfide) groups is 1. The molecule has 0 aromatic carbocycles. The van der Waals surface area contributed by atoms with Crippen LogP contribution in [0.15, 0.2) is 5.16 Å². The molecule has 2 N–H and O–H groups in total. The number of nitrogens with two attached hydrogens (primary N) is 1. The SMILES string of the molecule is CC[C@@]1(C)Cc2c(sc3nc(SCCOC)nc(N)c23)CO1. The molecule has 0 radical (unpaired) electrons. The summed E-state index contributed by atoms with van der Waals surface area (Å²) < 4.78 is 11.1. The Bertz CT molecular complexity index is 689. The normalized spacial score (nSPS) is 21.2. The van der Waals surface area contributed by atoms with Crippen LogP contribution in [0, 0.1) is 0 Å². The molecule has 1 atom stereocenters. The number of fused-ring (bicyclic) bond motifs is 3. The lowest BCUT2D eigenvalue weighted by Gasteiger charge is -2.33. The van der Waals surface area contributed by atoms with Crippen LogP contribution < -0.4 is 5.73 Å². The fraction of sp³-hybridized carbons (Fsp3) is 0.600. The van der Waals surface area contributed by atoms with E-state index in [4.69, 9.17) is 15.2 Å². The molecule has 0 bridgehead atoms. The van der Waals surface area contributed by atoms with Gasteiger partial charge in [-0.25, -0.2) is 9.97 Å². The topological polar surface area (TPSA) is 70.3 Å². The van der Waals surface area contributed by atoms with E-state index in [-0.39, 0.29) is 5.60 Å². The van der Waals surface area contributed by atoms with Crippen molar-refractivity contribution in [2.24, 2.45) is 0 Å². The highest BCUT2D eigenvalue weighted by Gasteiger charge is 2.32. The highest BCUT2D eigenvalue weighted by atomic mass is 32.2. The fourth-order valence-corrected chi connectivity index (χ4v) is 4.51. The van der Waals surface area contributed by atoms with Gasteiger partial charge in [0, 0.05) is 24.2 Å². The Morgan fingerprint density at radius 3 is 3.00 bits per heavy atom. The highest BCUT2D eigenvalue weighted by Crippen LogP contribution is 2.41. The van der Waals surface area contributed by atoms with Crippen molar-refractivity contribution < 1.29 is 9.47 Å². The lowest BCUT2D eigenvalue weighted by molar-refractivity contribution is -0.0542. The van der Waals surface area contributed by atoms with Gasteiger partial charge >= 0.3 is 0 Å². The molecular formula is C15H21N3O2S2. The van der Waals surface area contributed by atoms with Crippen LogP contribution in [0.25, 0.3) is 10.2 Å². The van der Waals surface area contributed by atoms with Gasteiger partial charge in [-0.2, -0.15) is 0 Å². The van der Waals surface area contributed by atoms with Gasteiger partial charge in [0.25, 0.3) is 0 Å². The zero-order chi connectivity index (χ0) is 15.7. The van der Waals surface area contributed by atoms with Crippen molar-refractivity contribution in [3.05, 3.63) is 10.4 Å². The monoisotopic (exact) mass is 339 g/mol. The lowest BCUT2D eigenvalue weighted by atomic mass is 9.90. The first-order valence-electron chi connectivity index (χ1n) is 7.40. The van der Waals surface area contributed by atoms with Gasteiger partial charge in [-0.1, -0.05) is 18.7 Å². The van der Waals surface area contributed by atoms with Crippen LogP contribution in [0.3, 0.4) is 0 Å². The zero-order valence-electron chi connectivity index (χ0n) is 13.1. The Labute approximate surface area is 138 Å². The van der Waals surface area contributed by atoms with Crippen molar-refractivity contribution in [1.82, 2.24) is 9.97 Å². The summed E-state index contributed by atoms with van der Waals surface area (Å²) in [5.74, 6) is 1.41. The maximum absolute atomic E-state index is 6.23. The first-order chi connectivity index (χ1) is 10.6. The van der Waals surface area contributed by atoms with E-state index in [0.717, 1.165) is 34.0 Å². The van der Waals surface area contributed by atoms with Gasteiger partial charge in [0.15, 0.2) is 5.16 Å². The third-order valence-corrected chi connectivity index (χ3v) is 6.02. The van der Waals surface area contributed by atoms with E-state index in [1.54, 1.807) is 30.2 Å². The second-order valence-corrected chi connectivity index (χ2v) is 7.83. The Morgan fingerprint density at radius 1 is 1.45 bits per heavy atom. The minimum Gasteiger partial charge on any atom is -0.384 e. The molecule has 22 heavy (non-hydrogen) atoms. The second-order valence-electron chi connectivity index (χ2n) is 5.69. The van der Waals surface area contributed by atoms with Crippen LogP contribution in [-0.2, 0) is 22.5 Å². The van der Waals surface area contributed by atoms with Crippen molar-refractivity contribution in [2.75, 3.05) is 25.2 Å². The number of rotatable bonds is 5. The molecule has 0 saturated carbocycles. The lowest BCUT2D eigenvalue weighted by Crippen LogP contribution is -2.33. The van der Waals surface area contributed by atoms with E-state index in [2.05, 4.69) is 23.8 Å². The Morgan fingerprint density at radius 2 is 2.27 bits per heavy atom. The molecule has 3 rings (SSSR count). The van der Waals surface area contributed by atoms with Crippen molar-refractivity contribution in [3.63, 3.8) is 0 Å². The molecule has 0 fully saturated rings. The number of anilines is 1. The quantitative estimate of drug-likeness (QED) is 0.512. The maximum atomic E-state index is 6.23. The molecule has 1 aliphatic rings. The smallest absolute Gasteiger partial charge is 0.190 e. The minimum atomic E-state index is -0.112. The molecule has 0 unspecified atom stereocenters. The molecule has 2 aromatic rings. The van der Waals surface area contributed by atoms with Gasteiger partial charge in [0.05, 0.1) is 24.2 Å². The number of methoxy groups -OCH3 is 1. The average molecular weight is 339 g/mol. The summed E-state index contributed by atoms with van der Waals surface area (Å²) in [5, 5.41) is 1.75. The molecule has 1 aliphatic heterocycles. The van der Waals surface area contributed by atoms with Gasteiger partial charge in [0.1, 0.15) is 10.6 Å². The Hall–Kier alpha value is -0.890. The number of aromatic nitrogens is 2. The Balaban J connectivity index is 1.97. The van der Waals surface area contributed by atoms with Crippen LogP contribution in [0.2, 0.25) is 0 Å². The van der Waals surface area contributed by atoms with E-state index < -0.39 is 0 Å². The van der Waals surface area contributed by atoms with Gasteiger partial charge in [0.2, 0.25) is 0 Å². The molecule has 0 aliphatic carbocycles. The number of hydrogen-bond donors (Lipinski definition) is 1. The van der Waals surface area contributed by atoms with Crippen LogP contribution >= 0.6 is 23.1 Å². The zero-order valence-corrected chi connectivity index (χ0v) is 14.8. The van der Waals surface area contributed by atoms with Gasteiger partial charge in [-0.15, -0.1) is 11.3 Å². The summed E-state index contributed by atoms with van der Waals surface area (Å²) in [5.41, 5.74) is 7.40. The fourth-order valence-electron chi connectivity index (χ4n) is 2.59. The standard InChI is InChI=1S/C15H21N3O2S2/c1-4-15(2)7-9-10(8-20-15)22-13-11(9)12(16)17-14(18-13)21-6-5-19-3/h4-8H2,1-3H3,(H2,16,17,18)/t15-/m0/s1. The number of thiophene rings is 1. The number of nitrogen functional groups attached to an aromatic ring is 1. The largest absolute Gasteiger partial charge is 0.384 e. The molecule has 0 spiro atoms. The van der Waals surface area contributed by atoms with Crippen LogP contribution in [-0.4, -0.2) is 35.0 Å². The summed E-state index contributed by atoms with van der Waals surface area (Å²) in [6, 6.07) is 0. The van der Waals surface area contributed by atoms with Crippen LogP contribution in [0.5, 0.6) is 0 Å². The van der Waals surface area contributed by atoms with E-state index in [0.29, 0.717) is 19.0 Å². The number of ether oxygens (including phenoxy) is 2. The van der Waals surface area contributed by atoms with Crippen molar-refractivity contribution in [3.8, 4) is 0 Å². The maximum Gasteiger partial charge on any atom is 0.190 e. The minimum absolute atomic E-state index is 0.112. The average Bonchev–Trinajstić information content (AvgIpc) is 2.85. The highest BCUT2D eigenvalue weighted by molar-refractivity contribution is 7.99. The molecule has 7 heteroatoms. The van der Waals surface area contributed by atoms with Crippen LogP contribution in [0.1, 0.15) is 30.7 Å². The second kappa shape index (κ2) is 6.31. The first-order valence-corrected chi connectivity index (χ1v) is 9.20. The van der Waals surface area contributed by atoms with Crippen molar-refractivity contribution in [2.45, 2.75) is 44.1 Å². The van der Waals surface area contributed by atoms with E-state index >= 15 is 0 Å². The van der Waals surface area contributed by atoms with E-state index in [9.17, 15) is 0 Å². The summed E-state index contributed by atoms with van der Waals surface area (Å²) in [6.07, 6.45) is 1.86. The van der Waals surface area contributed by atoms with Gasteiger partial charge in [-0.05, 0) is 18.9 Å². The first kappa shape index (κ1) is 16.0. The summed E-state index contributed by atoms with van der Waals surface area (Å²) in [6.45, 7) is 5.64. The summed E-state index contributed by atoms with van der Waals surface area (Å²) >= 11 is 3.25. The molecule has 5 nitrogen and oxygen atoms in total. The van der Waals surface area contributed by atoms with Gasteiger partial charge in [-0.3, -0.25) is 0 Å². The molecule has 0 saturated heterocycles. The number of nitrogens with zero attached hydrogens (tertiary/aromatic N) is 2. The van der Waals surface area contributed by atoms with Gasteiger partial charge < -0.3 is 15.2 Å². The Kier molecular flexibility index (Phi) is 4.59.